The minimum absolute atomic E-state index is 0.847. The van der Waals surface area contributed by atoms with Crippen LogP contribution in [0.15, 0.2) is 12.3 Å². The first-order valence-corrected chi connectivity index (χ1v) is 4.32. The first-order chi connectivity index (χ1) is 5.83. The van der Waals surface area contributed by atoms with E-state index >= 15 is 0 Å². The van der Waals surface area contributed by atoms with Crippen molar-refractivity contribution >= 4 is 0 Å². The van der Waals surface area contributed by atoms with Gasteiger partial charge in [0.1, 0.15) is 0 Å². The first-order valence-electron chi connectivity index (χ1n) is 4.32. The van der Waals surface area contributed by atoms with Gasteiger partial charge < -0.3 is 4.74 Å². The Hall–Kier alpha value is -0.830. The fourth-order valence-electron chi connectivity index (χ4n) is 1.11. The molecule has 1 aromatic rings. The highest BCUT2D eigenvalue weighted by molar-refractivity contribution is 4.94. The number of hydrogen-bond acceptors (Lipinski definition) is 2. The largest absolute Gasteiger partial charge is 0.385 e. The first kappa shape index (κ1) is 9.26. The number of unbranched alkanes of at least 4 members (excludes halogenated alkanes) is 1. The molecule has 1 aromatic heterocycles. The Balaban J connectivity index is 2.15. The molecule has 0 fully saturated rings. The summed E-state index contributed by atoms with van der Waals surface area (Å²) in [5, 5.41) is 4.28. The second kappa shape index (κ2) is 4.93. The molecule has 0 aliphatic rings. The molecule has 0 N–H and O–H groups in total. The van der Waals surface area contributed by atoms with Crippen LogP contribution in [0.25, 0.3) is 0 Å². The zero-order valence-corrected chi connectivity index (χ0v) is 7.79. The molecule has 3 nitrogen and oxygen atoms in total. The number of rotatable bonds is 5. The van der Waals surface area contributed by atoms with Crippen molar-refractivity contribution in [3.63, 3.8) is 0 Å². The molecule has 0 saturated carbocycles. The zero-order chi connectivity index (χ0) is 8.81. The Morgan fingerprint density at radius 2 is 2.33 bits per heavy atom. The van der Waals surface area contributed by atoms with Gasteiger partial charge in [-0.2, -0.15) is 5.10 Å². The minimum Gasteiger partial charge on any atom is -0.385 e. The van der Waals surface area contributed by atoms with Crippen LogP contribution in [0.2, 0.25) is 0 Å². The molecule has 1 rings (SSSR count). The van der Waals surface area contributed by atoms with Crippen LogP contribution in [-0.4, -0.2) is 23.5 Å². The van der Waals surface area contributed by atoms with Gasteiger partial charge in [0.15, 0.2) is 0 Å². The van der Waals surface area contributed by atoms with Crippen LogP contribution in [0.1, 0.15) is 18.5 Å². The predicted molar refractivity (Wildman–Crippen MR) is 48.1 cm³/mol. The van der Waals surface area contributed by atoms with Crippen LogP contribution < -0.4 is 0 Å². The van der Waals surface area contributed by atoms with E-state index in [1.807, 2.05) is 23.9 Å². The molecule has 0 atom stereocenters. The Morgan fingerprint density at radius 1 is 1.50 bits per heavy atom. The highest BCUT2D eigenvalue weighted by atomic mass is 16.5. The van der Waals surface area contributed by atoms with Crippen molar-refractivity contribution < 1.29 is 4.74 Å². The molecule has 0 saturated heterocycles. The van der Waals surface area contributed by atoms with E-state index in [1.165, 1.54) is 0 Å². The summed E-state index contributed by atoms with van der Waals surface area (Å²) in [5.74, 6) is 0. The third-order valence-corrected chi connectivity index (χ3v) is 1.76. The number of ether oxygens (including phenoxy) is 1. The quantitative estimate of drug-likeness (QED) is 0.625. The van der Waals surface area contributed by atoms with Gasteiger partial charge in [-0.15, -0.1) is 0 Å². The van der Waals surface area contributed by atoms with E-state index in [4.69, 9.17) is 4.74 Å². The van der Waals surface area contributed by atoms with Gasteiger partial charge in [-0.3, -0.25) is 4.68 Å². The van der Waals surface area contributed by atoms with Gasteiger partial charge in [0.2, 0.25) is 0 Å². The van der Waals surface area contributed by atoms with Crippen molar-refractivity contribution in [2.75, 3.05) is 13.7 Å². The van der Waals surface area contributed by atoms with Crippen molar-refractivity contribution in [1.29, 1.82) is 0 Å². The molecule has 12 heavy (non-hydrogen) atoms. The van der Waals surface area contributed by atoms with Gasteiger partial charge in [0.25, 0.3) is 0 Å². The van der Waals surface area contributed by atoms with Crippen molar-refractivity contribution in [3.05, 3.63) is 18.0 Å². The summed E-state index contributed by atoms with van der Waals surface area (Å²) in [4.78, 5) is 0. The fraction of sp³-hybridized carbons (Fsp3) is 0.667. The molecule has 0 aromatic carbocycles. The third-order valence-electron chi connectivity index (χ3n) is 1.76. The molecule has 68 valence electrons. The van der Waals surface area contributed by atoms with E-state index < -0.39 is 0 Å². The molecule has 1 heterocycles. The lowest BCUT2D eigenvalue weighted by molar-refractivity contribution is 0.191. The molecule has 0 unspecified atom stereocenters. The number of hydrogen-bond donors (Lipinski definition) is 0. The van der Waals surface area contributed by atoms with Crippen LogP contribution in [0.3, 0.4) is 0 Å². The molecule has 0 spiro atoms. The molecule has 0 radical (unpaired) electrons. The normalized spacial score (nSPS) is 10.5. The lowest BCUT2D eigenvalue weighted by Gasteiger charge is -2.00. The smallest absolute Gasteiger partial charge is 0.0593 e. The summed E-state index contributed by atoms with van der Waals surface area (Å²) >= 11 is 0. The second-order valence-electron chi connectivity index (χ2n) is 2.92. The van der Waals surface area contributed by atoms with Gasteiger partial charge in [-0.25, -0.2) is 0 Å². The highest BCUT2D eigenvalue weighted by Crippen LogP contribution is 1.97. The Kier molecular flexibility index (Phi) is 3.80. The molecule has 0 aliphatic heterocycles. The van der Waals surface area contributed by atoms with E-state index in [1.54, 1.807) is 7.11 Å². The summed E-state index contributed by atoms with van der Waals surface area (Å²) in [6, 6.07) is 2.02. The molecule has 0 bridgehead atoms. The van der Waals surface area contributed by atoms with Gasteiger partial charge in [0, 0.05) is 26.5 Å². The van der Waals surface area contributed by atoms with E-state index in [2.05, 4.69) is 5.10 Å². The van der Waals surface area contributed by atoms with Crippen LogP contribution >= 0.6 is 0 Å². The lowest BCUT2D eigenvalue weighted by Crippen LogP contribution is -2.00. The van der Waals surface area contributed by atoms with Crippen molar-refractivity contribution in [1.82, 2.24) is 9.78 Å². The number of methoxy groups -OCH3 is 1. The van der Waals surface area contributed by atoms with Gasteiger partial charge >= 0.3 is 0 Å². The van der Waals surface area contributed by atoms with Gasteiger partial charge in [-0.1, -0.05) is 0 Å². The molecular weight excluding hydrogens is 152 g/mol. The van der Waals surface area contributed by atoms with Crippen molar-refractivity contribution in [2.45, 2.75) is 26.3 Å². The van der Waals surface area contributed by atoms with E-state index in [0.717, 1.165) is 31.7 Å². The Morgan fingerprint density at radius 3 is 2.92 bits per heavy atom. The molecule has 0 aliphatic carbocycles. The van der Waals surface area contributed by atoms with Gasteiger partial charge in [0.05, 0.1) is 5.69 Å². The molecular formula is C9H16N2O. The van der Waals surface area contributed by atoms with Crippen molar-refractivity contribution in [2.24, 2.45) is 0 Å². The molecule has 3 heteroatoms. The fourth-order valence-corrected chi connectivity index (χ4v) is 1.11. The number of aromatic nitrogens is 2. The summed E-state index contributed by atoms with van der Waals surface area (Å²) in [6.07, 6.45) is 4.26. The summed E-state index contributed by atoms with van der Waals surface area (Å²) < 4.78 is 6.93. The topological polar surface area (TPSA) is 27.1 Å². The lowest BCUT2D eigenvalue weighted by atomic mass is 10.3. The Bertz CT molecular complexity index is 220. The van der Waals surface area contributed by atoms with Gasteiger partial charge in [-0.05, 0) is 25.8 Å². The van der Waals surface area contributed by atoms with E-state index in [9.17, 15) is 0 Å². The van der Waals surface area contributed by atoms with E-state index in [0.29, 0.717) is 0 Å². The standard InChI is InChI=1S/C9H16N2O/c1-9-5-7-11(10-9)6-3-4-8-12-2/h5,7H,3-4,6,8H2,1-2H3. The summed E-state index contributed by atoms with van der Waals surface area (Å²) in [6.45, 7) is 3.85. The van der Waals surface area contributed by atoms with Crippen LogP contribution in [-0.2, 0) is 11.3 Å². The number of aryl methyl sites for hydroxylation is 2. The maximum atomic E-state index is 4.96. The second-order valence-corrected chi connectivity index (χ2v) is 2.92. The molecule has 0 amide bonds. The average Bonchev–Trinajstić information content (AvgIpc) is 2.45. The monoisotopic (exact) mass is 168 g/mol. The number of nitrogens with zero attached hydrogens (tertiary/aromatic N) is 2. The maximum absolute atomic E-state index is 4.96. The highest BCUT2D eigenvalue weighted by Gasteiger charge is 1.93. The SMILES string of the molecule is COCCCCn1ccc(C)n1. The van der Waals surface area contributed by atoms with Crippen LogP contribution in [0.5, 0.6) is 0 Å². The van der Waals surface area contributed by atoms with Crippen LogP contribution in [0.4, 0.5) is 0 Å². The predicted octanol–water partition coefficient (Wildman–Crippen LogP) is 1.62. The zero-order valence-electron chi connectivity index (χ0n) is 7.79. The summed E-state index contributed by atoms with van der Waals surface area (Å²) in [5.41, 5.74) is 1.08. The maximum Gasteiger partial charge on any atom is 0.0593 e. The Labute approximate surface area is 73.3 Å². The van der Waals surface area contributed by atoms with E-state index in [-0.39, 0.29) is 0 Å². The third kappa shape index (κ3) is 3.05. The van der Waals surface area contributed by atoms with Crippen LogP contribution in [0, 0.1) is 6.92 Å². The minimum atomic E-state index is 0.847. The average molecular weight is 168 g/mol. The summed E-state index contributed by atoms with van der Waals surface area (Å²) in [7, 11) is 1.73. The van der Waals surface area contributed by atoms with Crippen molar-refractivity contribution in [3.8, 4) is 0 Å².